The van der Waals surface area contributed by atoms with Crippen LogP contribution >= 0.6 is 0 Å². The maximum Gasteiger partial charge on any atom is 0.509 e. The van der Waals surface area contributed by atoms with Crippen LogP contribution in [0, 0.1) is 0 Å². The minimum Gasteiger partial charge on any atom is -0.430 e. The average Bonchev–Trinajstić information content (AvgIpc) is 2.64. The second-order valence-corrected chi connectivity index (χ2v) is 2.96. The zero-order valence-corrected chi connectivity index (χ0v) is 8.56. The summed E-state index contributed by atoms with van der Waals surface area (Å²) in [7, 11) is 0. The van der Waals surface area contributed by atoms with Crippen LogP contribution in [0.1, 0.15) is 6.92 Å². The van der Waals surface area contributed by atoms with Crippen LogP contribution in [0.15, 0.2) is 12.2 Å². The molecule has 0 bridgehead atoms. The number of rotatable bonds is 4. The van der Waals surface area contributed by atoms with Gasteiger partial charge in [0.1, 0.15) is 6.61 Å². The summed E-state index contributed by atoms with van der Waals surface area (Å²) in [6, 6.07) is 0. The third kappa shape index (κ3) is 3.26. The quantitative estimate of drug-likeness (QED) is 0.385. The van der Waals surface area contributed by atoms with Gasteiger partial charge in [0.25, 0.3) is 0 Å². The fourth-order valence-electron chi connectivity index (χ4n) is 0.801. The molecule has 7 heteroatoms. The smallest absolute Gasteiger partial charge is 0.430 e. The highest BCUT2D eigenvalue weighted by Gasteiger charge is 2.33. The molecule has 0 aromatic carbocycles. The number of cyclic esters (lactones) is 2. The first-order valence-corrected chi connectivity index (χ1v) is 4.33. The molecule has 7 nitrogen and oxygen atoms in total. The zero-order valence-electron chi connectivity index (χ0n) is 8.56. The molecule has 1 atom stereocenters. The lowest BCUT2D eigenvalue weighted by Gasteiger charge is -2.07. The molecule has 0 aliphatic carbocycles. The lowest BCUT2D eigenvalue weighted by Crippen LogP contribution is -2.26. The summed E-state index contributed by atoms with van der Waals surface area (Å²) in [5, 5.41) is 0. The Labute approximate surface area is 90.9 Å². The van der Waals surface area contributed by atoms with E-state index in [1.165, 1.54) is 6.92 Å². The van der Waals surface area contributed by atoms with Crippen molar-refractivity contribution in [1.82, 2.24) is 0 Å². The summed E-state index contributed by atoms with van der Waals surface area (Å²) in [5.41, 5.74) is 0.187. The molecule has 0 spiro atoms. The van der Waals surface area contributed by atoms with E-state index in [2.05, 4.69) is 25.5 Å². The Morgan fingerprint density at radius 2 is 2.19 bits per heavy atom. The summed E-state index contributed by atoms with van der Waals surface area (Å²) in [6.45, 7) is 4.03. The molecule has 1 rings (SSSR count). The van der Waals surface area contributed by atoms with E-state index >= 15 is 0 Å². The van der Waals surface area contributed by atoms with E-state index in [-0.39, 0.29) is 12.2 Å². The van der Waals surface area contributed by atoms with Gasteiger partial charge in [-0.25, -0.2) is 14.4 Å². The predicted molar refractivity (Wildman–Crippen MR) is 48.1 cm³/mol. The van der Waals surface area contributed by atoms with Crippen LogP contribution in [0.3, 0.4) is 0 Å². The molecule has 0 saturated carbocycles. The highest BCUT2D eigenvalue weighted by molar-refractivity contribution is 5.87. The normalized spacial score (nSPS) is 18.3. The van der Waals surface area contributed by atoms with Crippen molar-refractivity contribution < 1.29 is 33.3 Å². The second kappa shape index (κ2) is 5.15. The highest BCUT2D eigenvalue weighted by atomic mass is 16.8. The monoisotopic (exact) mass is 230 g/mol. The van der Waals surface area contributed by atoms with E-state index in [1.807, 2.05) is 0 Å². The molecule has 1 heterocycles. The number of hydrogen-bond donors (Lipinski definition) is 0. The topological polar surface area (TPSA) is 88.1 Å². The molecule has 0 aromatic rings. The van der Waals surface area contributed by atoms with Crippen molar-refractivity contribution in [2.45, 2.75) is 13.0 Å². The fraction of sp³-hybridized carbons (Fsp3) is 0.444. The predicted octanol–water partition coefficient (Wildman–Crippen LogP) is 0.142. The zero-order chi connectivity index (χ0) is 12.1. The standard InChI is InChI=1S/C9H10O7/c1-5(2)7(10)14-4-15-8(11)6-3-13-9(12)16-6/h6H,1,3-4H2,2H3. The minimum atomic E-state index is -1.10. The minimum absolute atomic E-state index is 0.187. The molecule has 0 radical (unpaired) electrons. The number of ether oxygens (including phenoxy) is 4. The molecule has 1 saturated heterocycles. The number of carbonyl (C=O) groups is 3. The van der Waals surface area contributed by atoms with Crippen LogP contribution in [-0.2, 0) is 28.5 Å². The van der Waals surface area contributed by atoms with Crippen LogP contribution in [0.5, 0.6) is 0 Å². The lowest BCUT2D eigenvalue weighted by molar-refractivity contribution is -0.170. The van der Waals surface area contributed by atoms with Gasteiger partial charge in [0.2, 0.25) is 12.9 Å². The molecule has 0 amide bonds. The van der Waals surface area contributed by atoms with Crippen molar-refractivity contribution in [3.05, 3.63) is 12.2 Å². The Kier molecular flexibility index (Phi) is 3.87. The first-order chi connectivity index (χ1) is 7.50. The SMILES string of the molecule is C=C(C)C(=O)OCOC(=O)C1COC(=O)O1. The van der Waals surface area contributed by atoms with Gasteiger partial charge < -0.3 is 18.9 Å². The van der Waals surface area contributed by atoms with E-state index in [0.29, 0.717) is 0 Å². The summed E-state index contributed by atoms with van der Waals surface area (Å²) in [5.74, 6) is -1.51. The number of carbonyl (C=O) groups excluding carboxylic acids is 3. The largest absolute Gasteiger partial charge is 0.509 e. The highest BCUT2D eigenvalue weighted by Crippen LogP contribution is 2.07. The van der Waals surface area contributed by atoms with Crippen LogP contribution in [-0.4, -0.2) is 37.6 Å². The van der Waals surface area contributed by atoms with Crippen LogP contribution in [0.25, 0.3) is 0 Å². The van der Waals surface area contributed by atoms with E-state index in [4.69, 9.17) is 0 Å². The van der Waals surface area contributed by atoms with Gasteiger partial charge in [0.15, 0.2) is 0 Å². The molecule has 1 fully saturated rings. The molecule has 0 aromatic heterocycles. The Morgan fingerprint density at radius 1 is 1.50 bits per heavy atom. The Morgan fingerprint density at radius 3 is 2.69 bits per heavy atom. The summed E-state index contributed by atoms with van der Waals surface area (Å²) in [4.78, 5) is 32.5. The molecular weight excluding hydrogens is 220 g/mol. The Hall–Kier alpha value is -2.05. The molecular formula is C9H10O7. The van der Waals surface area contributed by atoms with Gasteiger partial charge in [0.05, 0.1) is 0 Å². The van der Waals surface area contributed by atoms with Crippen molar-refractivity contribution in [3.8, 4) is 0 Å². The van der Waals surface area contributed by atoms with Gasteiger partial charge >= 0.3 is 18.1 Å². The van der Waals surface area contributed by atoms with Crippen molar-refractivity contribution in [2.75, 3.05) is 13.4 Å². The molecule has 1 aliphatic rings. The summed E-state index contributed by atoms with van der Waals surface area (Å²) >= 11 is 0. The second-order valence-electron chi connectivity index (χ2n) is 2.96. The van der Waals surface area contributed by atoms with Gasteiger partial charge in [-0.1, -0.05) is 6.58 Å². The van der Waals surface area contributed by atoms with Crippen molar-refractivity contribution in [1.29, 1.82) is 0 Å². The number of esters is 2. The van der Waals surface area contributed by atoms with Crippen LogP contribution in [0.4, 0.5) is 4.79 Å². The van der Waals surface area contributed by atoms with Gasteiger partial charge in [-0.15, -0.1) is 0 Å². The number of hydrogen-bond acceptors (Lipinski definition) is 7. The first-order valence-electron chi connectivity index (χ1n) is 4.33. The van der Waals surface area contributed by atoms with E-state index in [1.54, 1.807) is 0 Å². The maximum atomic E-state index is 11.1. The van der Waals surface area contributed by atoms with E-state index in [0.717, 1.165) is 0 Å². The van der Waals surface area contributed by atoms with Gasteiger partial charge in [-0.2, -0.15) is 0 Å². The average molecular weight is 230 g/mol. The maximum absolute atomic E-state index is 11.1. The molecule has 1 aliphatic heterocycles. The summed E-state index contributed by atoms with van der Waals surface area (Å²) in [6.07, 6.45) is -2.03. The summed E-state index contributed by atoms with van der Waals surface area (Å²) < 4.78 is 17.8. The molecule has 16 heavy (non-hydrogen) atoms. The molecule has 0 N–H and O–H groups in total. The molecule has 1 unspecified atom stereocenters. The Balaban J connectivity index is 2.23. The third-order valence-electron chi connectivity index (χ3n) is 1.59. The van der Waals surface area contributed by atoms with E-state index < -0.39 is 31.0 Å². The van der Waals surface area contributed by atoms with Crippen molar-refractivity contribution >= 4 is 18.1 Å². The van der Waals surface area contributed by atoms with Gasteiger partial charge in [-0.05, 0) is 6.92 Å². The lowest BCUT2D eigenvalue weighted by atomic mass is 10.4. The van der Waals surface area contributed by atoms with Crippen LogP contribution in [0.2, 0.25) is 0 Å². The van der Waals surface area contributed by atoms with E-state index in [9.17, 15) is 14.4 Å². The molecule has 88 valence electrons. The Bertz CT molecular complexity index is 333. The third-order valence-corrected chi connectivity index (χ3v) is 1.59. The van der Waals surface area contributed by atoms with Crippen molar-refractivity contribution in [3.63, 3.8) is 0 Å². The van der Waals surface area contributed by atoms with Gasteiger partial charge in [-0.3, -0.25) is 0 Å². The van der Waals surface area contributed by atoms with Crippen molar-refractivity contribution in [2.24, 2.45) is 0 Å². The van der Waals surface area contributed by atoms with Gasteiger partial charge in [0, 0.05) is 5.57 Å². The van der Waals surface area contributed by atoms with Crippen LogP contribution < -0.4 is 0 Å². The first kappa shape index (κ1) is 12.0. The fourth-order valence-corrected chi connectivity index (χ4v) is 0.801.